The second kappa shape index (κ2) is 5.46. The highest BCUT2D eigenvalue weighted by Crippen LogP contribution is 2.34. The van der Waals surface area contributed by atoms with E-state index in [2.05, 4.69) is 5.32 Å². The van der Waals surface area contributed by atoms with Gasteiger partial charge in [0.1, 0.15) is 5.75 Å². The van der Waals surface area contributed by atoms with Crippen LogP contribution >= 0.6 is 11.3 Å². The number of hydrogen-bond donors (Lipinski definition) is 1. The van der Waals surface area contributed by atoms with Crippen molar-refractivity contribution in [2.45, 2.75) is 13.8 Å². The van der Waals surface area contributed by atoms with Crippen LogP contribution in [0, 0.1) is 13.8 Å². The Balaban J connectivity index is 1.86. The highest BCUT2D eigenvalue weighted by molar-refractivity contribution is 7.10. The van der Waals surface area contributed by atoms with Crippen LogP contribution in [0.2, 0.25) is 0 Å². The second-order valence-electron chi connectivity index (χ2n) is 5.21. The van der Waals surface area contributed by atoms with E-state index < -0.39 is 0 Å². The first-order valence-electron chi connectivity index (χ1n) is 6.87. The largest absolute Gasteiger partial charge is 0.482 e. The Labute approximate surface area is 132 Å². The number of fused-ring (bicyclic) bond motifs is 1. The molecule has 5 nitrogen and oxygen atoms in total. The van der Waals surface area contributed by atoms with E-state index in [1.165, 1.54) is 4.90 Å². The lowest BCUT2D eigenvalue weighted by atomic mass is 10.1. The third-order valence-electron chi connectivity index (χ3n) is 3.83. The number of carbonyl (C=O) groups excluding carboxylic acids is 2. The fraction of sp³-hybridized carbons (Fsp3) is 0.250. The fourth-order valence-corrected chi connectivity index (χ4v) is 3.15. The van der Waals surface area contributed by atoms with Crippen molar-refractivity contribution >= 4 is 34.5 Å². The van der Waals surface area contributed by atoms with E-state index in [0.29, 0.717) is 22.7 Å². The summed E-state index contributed by atoms with van der Waals surface area (Å²) in [6, 6.07) is 5.29. The average Bonchev–Trinajstić information content (AvgIpc) is 2.83. The number of aryl methyl sites for hydroxylation is 1. The number of rotatable bonds is 2. The van der Waals surface area contributed by atoms with Crippen LogP contribution in [-0.4, -0.2) is 25.5 Å². The molecule has 2 heterocycles. The predicted octanol–water partition coefficient (Wildman–Crippen LogP) is 2.97. The number of nitrogens with zero attached hydrogens (tertiary/aromatic N) is 1. The highest BCUT2D eigenvalue weighted by Gasteiger charge is 2.23. The van der Waals surface area contributed by atoms with Crippen molar-refractivity contribution in [3.05, 3.63) is 39.6 Å². The van der Waals surface area contributed by atoms with Gasteiger partial charge in [0.25, 0.3) is 11.8 Å². The molecule has 0 radical (unpaired) electrons. The summed E-state index contributed by atoms with van der Waals surface area (Å²) in [5.74, 6) is 0.385. The number of thiophene rings is 1. The summed E-state index contributed by atoms with van der Waals surface area (Å²) in [6.45, 7) is 3.98. The van der Waals surface area contributed by atoms with Gasteiger partial charge in [0.15, 0.2) is 6.61 Å². The zero-order chi connectivity index (χ0) is 15.9. The first-order valence-corrected chi connectivity index (χ1v) is 7.75. The topological polar surface area (TPSA) is 58.6 Å². The molecule has 0 aliphatic carbocycles. The van der Waals surface area contributed by atoms with Gasteiger partial charge in [-0.3, -0.25) is 9.59 Å². The number of carbonyl (C=O) groups is 2. The molecular weight excluding hydrogens is 300 g/mol. The summed E-state index contributed by atoms with van der Waals surface area (Å²) in [7, 11) is 1.70. The second-order valence-corrected chi connectivity index (χ2v) is 6.29. The normalized spacial score (nSPS) is 13.6. The molecule has 1 aromatic carbocycles. The Morgan fingerprint density at radius 3 is 2.82 bits per heavy atom. The third kappa shape index (κ3) is 2.46. The van der Waals surface area contributed by atoms with Crippen LogP contribution in [0.15, 0.2) is 23.6 Å². The van der Waals surface area contributed by atoms with Gasteiger partial charge in [-0.1, -0.05) is 0 Å². The zero-order valence-electron chi connectivity index (χ0n) is 12.6. The molecule has 0 saturated carbocycles. The minimum atomic E-state index is -0.146. The summed E-state index contributed by atoms with van der Waals surface area (Å²) in [5.41, 5.74) is 2.97. The molecule has 6 heteroatoms. The lowest BCUT2D eigenvalue weighted by Crippen LogP contribution is -2.35. The van der Waals surface area contributed by atoms with E-state index in [-0.39, 0.29) is 18.4 Å². The Hall–Kier alpha value is -2.34. The molecule has 22 heavy (non-hydrogen) atoms. The summed E-state index contributed by atoms with van der Waals surface area (Å²) < 4.78 is 5.37. The highest BCUT2D eigenvalue weighted by atomic mass is 32.1. The predicted molar refractivity (Wildman–Crippen MR) is 87.1 cm³/mol. The molecule has 0 spiro atoms. The van der Waals surface area contributed by atoms with Crippen LogP contribution in [-0.2, 0) is 4.79 Å². The minimum absolute atomic E-state index is 0.0442. The molecule has 2 aromatic rings. The standard InChI is InChI=1S/C16H16N2O3S/c1-9-10(2)22-8-12(9)16(20)17-11-4-5-14-13(6-11)18(3)15(19)7-21-14/h4-6,8H,7H2,1-3H3,(H,17,20). The number of ether oxygens (including phenoxy) is 1. The number of nitrogens with one attached hydrogen (secondary N) is 1. The van der Waals surface area contributed by atoms with Crippen LogP contribution in [0.4, 0.5) is 11.4 Å². The van der Waals surface area contributed by atoms with Crippen LogP contribution < -0.4 is 15.0 Å². The molecule has 1 aliphatic heterocycles. The van der Waals surface area contributed by atoms with Gasteiger partial charge in [-0.15, -0.1) is 11.3 Å². The molecule has 2 amide bonds. The monoisotopic (exact) mass is 316 g/mol. The Morgan fingerprint density at radius 1 is 1.36 bits per heavy atom. The number of benzene rings is 1. The maximum absolute atomic E-state index is 12.3. The zero-order valence-corrected chi connectivity index (χ0v) is 13.4. The van der Waals surface area contributed by atoms with Gasteiger partial charge in [0, 0.05) is 23.0 Å². The maximum Gasteiger partial charge on any atom is 0.264 e. The molecule has 114 valence electrons. The number of anilines is 2. The van der Waals surface area contributed by atoms with Crippen molar-refractivity contribution in [1.82, 2.24) is 0 Å². The van der Waals surface area contributed by atoms with E-state index in [1.54, 1.807) is 36.6 Å². The van der Waals surface area contributed by atoms with Crippen molar-refractivity contribution < 1.29 is 14.3 Å². The van der Waals surface area contributed by atoms with Crippen molar-refractivity contribution in [2.24, 2.45) is 0 Å². The quantitative estimate of drug-likeness (QED) is 0.926. The summed E-state index contributed by atoms with van der Waals surface area (Å²) in [6.07, 6.45) is 0. The fourth-order valence-electron chi connectivity index (χ4n) is 2.29. The van der Waals surface area contributed by atoms with E-state index in [4.69, 9.17) is 4.74 Å². The van der Waals surface area contributed by atoms with Crippen molar-refractivity contribution in [1.29, 1.82) is 0 Å². The first-order chi connectivity index (χ1) is 10.5. The van der Waals surface area contributed by atoms with Crippen LogP contribution in [0.3, 0.4) is 0 Å². The van der Waals surface area contributed by atoms with Crippen LogP contribution in [0.5, 0.6) is 5.75 Å². The molecule has 0 fully saturated rings. The molecule has 1 aliphatic rings. The Morgan fingerprint density at radius 2 is 2.14 bits per heavy atom. The summed E-state index contributed by atoms with van der Waals surface area (Å²) >= 11 is 1.56. The van der Waals surface area contributed by atoms with Gasteiger partial charge >= 0.3 is 0 Å². The minimum Gasteiger partial charge on any atom is -0.482 e. The molecule has 1 N–H and O–H groups in total. The number of amides is 2. The maximum atomic E-state index is 12.3. The van der Waals surface area contributed by atoms with Crippen molar-refractivity contribution in [3.8, 4) is 5.75 Å². The average molecular weight is 316 g/mol. The van der Waals surface area contributed by atoms with E-state index >= 15 is 0 Å². The van der Waals surface area contributed by atoms with Crippen LogP contribution in [0.1, 0.15) is 20.8 Å². The van der Waals surface area contributed by atoms with Gasteiger partial charge in [0.2, 0.25) is 0 Å². The summed E-state index contributed by atoms with van der Waals surface area (Å²) in [5, 5.41) is 4.73. The lowest BCUT2D eigenvalue weighted by molar-refractivity contribution is -0.120. The van der Waals surface area contributed by atoms with Crippen molar-refractivity contribution in [3.63, 3.8) is 0 Å². The van der Waals surface area contributed by atoms with Gasteiger partial charge < -0.3 is 15.0 Å². The van der Waals surface area contributed by atoms with E-state index in [1.807, 2.05) is 19.2 Å². The molecular formula is C16H16N2O3S. The molecule has 3 rings (SSSR count). The van der Waals surface area contributed by atoms with Crippen LogP contribution in [0.25, 0.3) is 0 Å². The molecule has 0 atom stereocenters. The van der Waals surface area contributed by atoms with E-state index in [0.717, 1.165) is 10.4 Å². The molecule has 0 bridgehead atoms. The third-order valence-corrected chi connectivity index (χ3v) is 4.85. The van der Waals surface area contributed by atoms with Gasteiger partial charge in [0.05, 0.1) is 11.3 Å². The smallest absolute Gasteiger partial charge is 0.264 e. The number of likely N-dealkylation sites (N-methyl/N-ethyl adjacent to an activating group) is 1. The Bertz CT molecular complexity index is 767. The van der Waals surface area contributed by atoms with E-state index in [9.17, 15) is 9.59 Å². The molecule has 0 saturated heterocycles. The lowest BCUT2D eigenvalue weighted by Gasteiger charge is -2.26. The molecule has 1 aromatic heterocycles. The Kier molecular flexibility index (Phi) is 3.62. The first kappa shape index (κ1) is 14.6. The van der Waals surface area contributed by atoms with Gasteiger partial charge in [-0.05, 0) is 37.6 Å². The molecule has 0 unspecified atom stereocenters. The van der Waals surface area contributed by atoms with Crippen molar-refractivity contribution in [2.75, 3.05) is 23.9 Å². The SMILES string of the molecule is Cc1scc(C(=O)Nc2ccc3c(c2)N(C)C(=O)CO3)c1C. The summed E-state index contributed by atoms with van der Waals surface area (Å²) in [4.78, 5) is 26.7. The van der Waals surface area contributed by atoms with Gasteiger partial charge in [-0.2, -0.15) is 0 Å². The number of hydrogen-bond acceptors (Lipinski definition) is 4. The van der Waals surface area contributed by atoms with Gasteiger partial charge in [-0.25, -0.2) is 0 Å².